The van der Waals surface area contributed by atoms with Gasteiger partial charge in [0.1, 0.15) is 17.0 Å². The van der Waals surface area contributed by atoms with Crippen LogP contribution in [0.4, 0.5) is 5.69 Å². The van der Waals surface area contributed by atoms with Crippen molar-refractivity contribution in [2.24, 2.45) is 7.05 Å². The molecule has 21 heavy (non-hydrogen) atoms. The number of aromatic carboxylic acids is 1. The molecule has 0 fully saturated rings. The number of nitrogens with zero attached hydrogens (tertiary/aromatic N) is 2. The number of hydrogen-bond acceptors (Lipinski definition) is 4. The van der Waals surface area contributed by atoms with Gasteiger partial charge in [0.2, 0.25) is 0 Å². The van der Waals surface area contributed by atoms with Crippen LogP contribution in [-0.4, -0.2) is 33.9 Å². The summed E-state index contributed by atoms with van der Waals surface area (Å²) in [6, 6.07) is 5.32. The fourth-order valence-electron chi connectivity index (χ4n) is 1.96. The molecule has 0 atom stereocenters. The smallest absolute Gasteiger partial charge is 0.339 e. The Morgan fingerprint density at radius 1 is 1.38 bits per heavy atom. The molecule has 0 saturated heterocycles. The summed E-state index contributed by atoms with van der Waals surface area (Å²) < 4.78 is 6.40. The van der Waals surface area contributed by atoms with Gasteiger partial charge in [-0.25, -0.2) is 4.79 Å². The van der Waals surface area contributed by atoms with E-state index in [9.17, 15) is 9.59 Å². The Kier molecular flexibility index (Phi) is 3.93. The molecule has 0 unspecified atom stereocenters. The third kappa shape index (κ3) is 2.86. The van der Waals surface area contributed by atoms with Crippen LogP contribution in [0.2, 0.25) is 0 Å². The highest BCUT2D eigenvalue weighted by Crippen LogP contribution is 2.26. The van der Waals surface area contributed by atoms with E-state index in [1.807, 2.05) is 13.0 Å². The number of amides is 1. The number of aryl methyl sites for hydroxylation is 2. The Bertz CT molecular complexity index is 706. The highest BCUT2D eigenvalue weighted by molar-refractivity contribution is 6.10. The van der Waals surface area contributed by atoms with Crippen LogP contribution in [0.5, 0.6) is 5.75 Å². The lowest BCUT2D eigenvalue weighted by atomic mass is 10.2. The molecule has 110 valence electrons. The minimum atomic E-state index is -1.20. The SMILES string of the molecule is COc1ccc(C)cc1NC(=O)c1c(C(=O)O)cnn1C. The lowest BCUT2D eigenvalue weighted by molar-refractivity contribution is 0.0692. The van der Waals surface area contributed by atoms with Crippen molar-refractivity contribution >= 4 is 17.6 Å². The molecule has 0 aliphatic carbocycles. The number of nitrogens with one attached hydrogen (secondary N) is 1. The molecule has 2 aromatic rings. The van der Waals surface area contributed by atoms with Gasteiger partial charge in [-0.2, -0.15) is 5.10 Å². The Labute approximate surface area is 121 Å². The molecular weight excluding hydrogens is 274 g/mol. The molecule has 0 spiro atoms. The second-order valence-corrected chi connectivity index (χ2v) is 4.49. The summed E-state index contributed by atoms with van der Waals surface area (Å²) in [5, 5.41) is 15.5. The van der Waals surface area contributed by atoms with Gasteiger partial charge in [0.15, 0.2) is 0 Å². The fraction of sp³-hybridized carbons (Fsp3) is 0.214. The van der Waals surface area contributed by atoms with E-state index in [0.29, 0.717) is 11.4 Å². The summed E-state index contributed by atoms with van der Waals surface area (Å²) in [7, 11) is 3.00. The van der Waals surface area contributed by atoms with Gasteiger partial charge in [0.25, 0.3) is 5.91 Å². The number of ether oxygens (including phenoxy) is 1. The van der Waals surface area contributed by atoms with Gasteiger partial charge in [0.05, 0.1) is 19.0 Å². The number of rotatable bonds is 4. The first-order chi connectivity index (χ1) is 9.93. The summed E-state index contributed by atoms with van der Waals surface area (Å²) in [6.07, 6.45) is 1.14. The molecular formula is C14H15N3O4. The van der Waals surface area contributed by atoms with E-state index in [-0.39, 0.29) is 11.3 Å². The number of carbonyl (C=O) groups is 2. The Morgan fingerprint density at radius 3 is 2.71 bits per heavy atom. The first-order valence-corrected chi connectivity index (χ1v) is 6.15. The molecule has 1 heterocycles. The van der Waals surface area contributed by atoms with Crippen molar-refractivity contribution < 1.29 is 19.4 Å². The summed E-state index contributed by atoms with van der Waals surface area (Å²) in [4.78, 5) is 23.4. The van der Waals surface area contributed by atoms with Crippen molar-refractivity contribution in [1.29, 1.82) is 0 Å². The molecule has 2 N–H and O–H groups in total. The van der Waals surface area contributed by atoms with Crippen molar-refractivity contribution in [3.63, 3.8) is 0 Å². The minimum absolute atomic E-state index is 0.0222. The molecule has 1 aromatic carbocycles. The van der Waals surface area contributed by atoms with Crippen LogP contribution in [0, 0.1) is 6.92 Å². The third-order valence-electron chi connectivity index (χ3n) is 2.99. The van der Waals surface area contributed by atoms with Crippen LogP contribution in [0.25, 0.3) is 0 Å². The molecule has 2 rings (SSSR count). The van der Waals surface area contributed by atoms with E-state index >= 15 is 0 Å². The van der Waals surface area contributed by atoms with Gasteiger partial charge >= 0.3 is 5.97 Å². The van der Waals surface area contributed by atoms with E-state index in [1.165, 1.54) is 18.8 Å². The maximum Gasteiger partial charge on any atom is 0.339 e. The summed E-state index contributed by atoms with van der Waals surface area (Å²) in [5.41, 5.74) is 1.24. The van der Waals surface area contributed by atoms with E-state index in [4.69, 9.17) is 9.84 Å². The fourth-order valence-corrected chi connectivity index (χ4v) is 1.96. The third-order valence-corrected chi connectivity index (χ3v) is 2.99. The average Bonchev–Trinajstić information content (AvgIpc) is 2.81. The summed E-state index contributed by atoms with van der Waals surface area (Å²) >= 11 is 0. The molecule has 1 aromatic heterocycles. The van der Waals surface area contributed by atoms with Gasteiger partial charge in [0, 0.05) is 7.05 Å². The Morgan fingerprint density at radius 2 is 2.10 bits per heavy atom. The van der Waals surface area contributed by atoms with E-state index in [0.717, 1.165) is 11.8 Å². The van der Waals surface area contributed by atoms with Gasteiger partial charge < -0.3 is 15.2 Å². The standard InChI is InChI=1S/C14H15N3O4/c1-8-4-5-11(21-3)10(6-8)16-13(18)12-9(14(19)20)7-15-17(12)2/h4-7H,1-3H3,(H,16,18)(H,19,20). The molecule has 7 nitrogen and oxygen atoms in total. The van der Waals surface area contributed by atoms with Crippen molar-refractivity contribution in [1.82, 2.24) is 9.78 Å². The largest absolute Gasteiger partial charge is 0.495 e. The van der Waals surface area contributed by atoms with Crippen molar-refractivity contribution in [2.45, 2.75) is 6.92 Å². The maximum atomic E-state index is 12.3. The number of hydrogen-bond donors (Lipinski definition) is 2. The number of carboxylic acids is 1. The lowest BCUT2D eigenvalue weighted by Crippen LogP contribution is -2.19. The minimum Gasteiger partial charge on any atom is -0.495 e. The maximum absolute atomic E-state index is 12.3. The highest BCUT2D eigenvalue weighted by Gasteiger charge is 2.22. The van der Waals surface area contributed by atoms with Gasteiger partial charge in [-0.1, -0.05) is 6.07 Å². The van der Waals surface area contributed by atoms with Crippen molar-refractivity contribution in [3.8, 4) is 5.75 Å². The zero-order valence-electron chi connectivity index (χ0n) is 11.9. The van der Waals surface area contributed by atoms with Crippen LogP contribution >= 0.6 is 0 Å². The van der Waals surface area contributed by atoms with Crippen LogP contribution in [-0.2, 0) is 7.05 Å². The summed E-state index contributed by atoms with van der Waals surface area (Å²) in [6.45, 7) is 1.88. The first-order valence-electron chi connectivity index (χ1n) is 6.15. The predicted octanol–water partition coefficient (Wildman–Crippen LogP) is 1.69. The number of methoxy groups -OCH3 is 1. The molecule has 0 radical (unpaired) electrons. The van der Waals surface area contributed by atoms with Crippen LogP contribution < -0.4 is 10.1 Å². The number of anilines is 1. The molecule has 1 amide bonds. The zero-order valence-corrected chi connectivity index (χ0v) is 11.9. The van der Waals surface area contributed by atoms with Gasteiger partial charge in [-0.05, 0) is 24.6 Å². The normalized spacial score (nSPS) is 10.2. The molecule has 0 saturated carbocycles. The first kappa shape index (κ1) is 14.6. The Hall–Kier alpha value is -2.83. The quantitative estimate of drug-likeness (QED) is 0.893. The molecule has 0 aliphatic heterocycles. The van der Waals surface area contributed by atoms with E-state index in [2.05, 4.69) is 10.4 Å². The average molecular weight is 289 g/mol. The van der Waals surface area contributed by atoms with Gasteiger partial charge in [-0.3, -0.25) is 9.48 Å². The van der Waals surface area contributed by atoms with Crippen molar-refractivity contribution in [3.05, 3.63) is 41.2 Å². The zero-order chi connectivity index (χ0) is 15.6. The Balaban J connectivity index is 2.37. The number of carbonyl (C=O) groups excluding carboxylic acids is 1. The highest BCUT2D eigenvalue weighted by atomic mass is 16.5. The predicted molar refractivity (Wildman–Crippen MR) is 75.9 cm³/mol. The monoisotopic (exact) mass is 289 g/mol. The lowest BCUT2D eigenvalue weighted by Gasteiger charge is -2.11. The molecule has 0 aliphatic rings. The van der Waals surface area contributed by atoms with E-state index in [1.54, 1.807) is 12.1 Å². The van der Waals surface area contributed by atoms with E-state index < -0.39 is 11.9 Å². The number of carboxylic acid groups (broad SMARTS) is 1. The van der Waals surface area contributed by atoms with Crippen LogP contribution in [0.15, 0.2) is 24.4 Å². The second-order valence-electron chi connectivity index (χ2n) is 4.49. The molecule has 7 heteroatoms. The van der Waals surface area contributed by atoms with Crippen LogP contribution in [0.3, 0.4) is 0 Å². The van der Waals surface area contributed by atoms with Crippen LogP contribution in [0.1, 0.15) is 26.4 Å². The van der Waals surface area contributed by atoms with Crippen molar-refractivity contribution in [2.75, 3.05) is 12.4 Å². The number of aromatic nitrogens is 2. The number of benzene rings is 1. The summed E-state index contributed by atoms with van der Waals surface area (Å²) in [5.74, 6) is -1.27. The van der Waals surface area contributed by atoms with Gasteiger partial charge in [-0.15, -0.1) is 0 Å². The topological polar surface area (TPSA) is 93.4 Å². The second kappa shape index (κ2) is 5.66. The molecule has 0 bridgehead atoms.